The summed E-state index contributed by atoms with van der Waals surface area (Å²) in [4.78, 5) is 11.3. The molecule has 1 N–H and O–H groups in total. The van der Waals surface area contributed by atoms with Crippen molar-refractivity contribution in [3.8, 4) is 0 Å². The van der Waals surface area contributed by atoms with E-state index in [4.69, 9.17) is 4.74 Å². The Kier molecular flexibility index (Phi) is 3.05. The quantitative estimate of drug-likeness (QED) is 0.935. The van der Waals surface area contributed by atoms with Gasteiger partial charge in [-0.05, 0) is 24.5 Å². The lowest BCUT2D eigenvalue weighted by atomic mass is 9.86. The molecule has 1 aromatic carbocycles. The molecule has 2 heterocycles. The number of carboxylic acids is 1. The Morgan fingerprint density at radius 1 is 1.45 bits per heavy atom. The van der Waals surface area contributed by atoms with E-state index in [2.05, 4.69) is 16.7 Å². The van der Waals surface area contributed by atoms with Gasteiger partial charge in [-0.15, -0.1) is 0 Å². The van der Waals surface area contributed by atoms with Gasteiger partial charge in [0.15, 0.2) is 0 Å². The van der Waals surface area contributed by atoms with E-state index >= 15 is 0 Å². The van der Waals surface area contributed by atoms with Crippen molar-refractivity contribution >= 4 is 16.9 Å². The second-order valence-corrected chi connectivity index (χ2v) is 5.42. The van der Waals surface area contributed by atoms with E-state index in [1.165, 1.54) is 10.9 Å². The molecular weight excluding hydrogens is 254 g/mol. The van der Waals surface area contributed by atoms with Gasteiger partial charge < -0.3 is 14.4 Å². The predicted octanol–water partition coefficient (Wildman–Crippen LogP) is 2.83. The minimum absolute atomic E-state index is 0.0145. The van der Waals surface area contributed by atoms with Crippen molar-refractivity contribution in [2.45, 2.75) is 31.8 Å². The zero-order chi connectivity index (χ0) is 14.3. The van der Waals surface area contributed by atoms with Crippen LogP contribution in [0.1, 0.15) is 31.0 Å². The van der Waals surface area contributed by atoms with Gasteiger partial charge in [-0.1, -0.05) is 25.1 Å². The number of nitrogens with zero attached hydrogens (tertiary/aromatic N) is 1. The summed E-state index contributed by atoms with van der Waals surface area (Å²) in [6.07, 6.45) is 1.52. The first kappa shape index (κ1) is 13.2. The minimum atomic E-state index is -0.815. The van der Waals surface area contributed by atoms with Gasteiger partial charge in [-0.25, -0.2) is 0 Å². The number of hydrogen-bond acceptors (Lipinski definition) is 2. The number of fused-ring (bicyclic) bond motifs is 3. The summed E-state index contributed by atoms with van der Waals surface area (Å²) in [5, 5.41) is 10.5. The fraction of sp³-hybridized carbons (Fsp3) is 0.438. The molecule has 0 amide bonds. The molecule has 2 aromatic rings. The minimum Gasteiger partial charge on any atom is -0.481 e. The van der Waals surface area contributed by atoms with Crippen LogP contribution >= 0.6 is 0 Å². The molecule has 1 aliphatic rings. The number of para-hydroxylation sites is 1. The summed E-state index contributed by atoms with van der Waals surface area (Å²) in [5.41, 5.74) is 2.73. The SMILES string of the molecule is CCC1(CC(=O)O)OCCc2c1n(C)c1ccccc21. The highest BCUT2D eigenvalue weighted by molar-refractivity contribution is 5.86. The average Bonchev–Trinajstić information content (AvgIpc) is 2.74. The molecule has 20 heavy (non-hydrogen) atoms. The first-order valence-electron chi connectivity index (χ1n) is 7.01. The Labute approximate surface area is 118 Å². The van der Waals surface area contributed by atoms with Crippen LogP contribution in [0.2, 0.25) is 0 Å². The first-order valence-corrected chi connectivity index (χ1v) is 7.01. The normalized spacial score (nSPS) is 21.9. The maximum absolute atomic E-state index is 11.3. The van der Waals surface area contributed by atoms with E-state index in [1.807, 2.05) is 26.1 Å². The molecule has 1 unspecified atom stereocenters. The number of aromatic nitrogens is 1. The maximum atomic E-state index is 11.3. The standard InChI is InChI=1S/C16H19NO3/c1-3-16(10-14(18)19)15-12(8-9-20-16)11-6-4-5-7-13(11)17(15)2/h4-7H,3,8-10H2,1-2H3,(H,18,19). The van der Waals surface area contributed by atoms with Gasteiger partial charge in [0.1, 0.15) is 5.60 Å². The summed E-state index contributed by atoms with van der Waals surface area (Å²) >= 11 is 0. The third kappa shape index (κ3) is 1.75. The highest BCUT2D eigenvalue weighted by Crippen LogP contribution is 2.42. The van der Waals surface area contributed by atoms with Crippen molar-refractivity contribution in [1.82, 2.24) is 4.57 Å². The molecule has 1 aliphatic heterocycles. The van der Waals surface area contributed by atoms with Crippen LogP contribution in [0, 0.1) is 0 Å². The summed E-state index contributed by atoms with van der Waals surface area (Å²) in [5.74, 6) is -0.815. The lowest BCUT2D eigenvalue weighted by Crippen LogP contribution is -2.38. The number of rotatable bonds is 3. The van der Waals surface area contributed by atoms with E-state index in [-0.39, 0.29) is 6.42 Å². The summed E-state index contributed by atoms with van der Waals surface area (Å²) in [7, 11) is 2.00. The van der Waals surface area contributed by atoms with Crippen molar-refractivity contribution in [3.63, 3.8) is 0 Å². The molecule has 0 aliphatic carbocycles. The largest absolute Gasteiger partial charge is 0.481 e. The highest BCUT2D eigenvalue weighted by atomic mass is 16.5. The first-order chi connectivity index (χ1) is 9.59. The number of aliphatic carboxylic acids is 1. The van der Waals surface area contributed by atoms with Crippen molar-refractivity contribution in [1.29, 1.82) is 0 Å². The molecule has 1 aromatic heterocycles. The lowest BCUT2D eigenvalue weighted by molar-refractivity contribution is -0.149. The number of ether oxygens (including phenoxy) is 1. The van der Waals surface area contributed by atoms with E-state index in [0.717, 1.165) is 17.6 Å². The number of benzene rings is 1. The molecule has 0 saturated heterocycles. The molecule has 0 saturated carbocycles. The molecule has 0 fully saturated rings. The van der Waals surface area contributed by atoms with Crippen LogP contribution in [0.25, 0.3) is 10.9 Å². The van der Waals surface area contributed by atoms with E-state index in [9.17, 15) is 9.90 Å². The Hall–Kier alpha value is -1.81. The van der Waals surface area contributed by atoms with Crippen LogP contribution in [-0.2, 0) is 28.6 Å². The Morgan fingerprint density at radius 2 is 2.20 bits per heavy atom. The molecule has 0 radical (unpaired) electrons. The number of carboxylic acid groups (broad SMARTS) is 1. The van der Waals surface area contributed by atoms with Crippen LogP contribution in [-0.4, -0.2) is 22.2 Å². The van der Waals surface area contributed by atoms with Gasteiger partial charge in [0.05, 0.1) is 18.7 Å². The smallest absolute Gasteiger partial charge is 0.306 e. The van der Waals surface area contributed by atoms with Crippen molar-refractivity contribution in [2.75, 3.05) is 6.61 Å². The van der Waals surface area contributed by atoms with Crippen LogP contribution in [0.5, 0.6) is 0 Å². The third-order valence-electron chi connectivity index (χ3n) is 4.38. The summed E-state index contributed by atoms with van der Waals surface area (Å²) in [6, 6.07) is 8.23. The maximum Gasteiger partial charge on any atom is 0.306 e. The number of carbonyl (C=O) groups is 1. The molecule has 0 bridgehead atoms. The Morgan fingerprint density at radius 3 is 2.90 bits per heavy atom. The fourth-order valence-electron chi connectivity index (χ4n) is 3.50. The van der Waals surface area contributed by atoms with Gasteiger partial charge >= 0.3 is 5.97 Å². The second-order valence-electron chi connectivity index (χ2n) is 5.42. The fourth-order valence-corrected chi connectivity index (χ4v) is 3.50. The molecule has 4 nitrogen and oxygen atoms in total. The number of aryl methyl sites for hydroxylation is 1. The van der Waals surface area contributed by atoms with Crippen LogP contribution in [0.15, 0.2) is 24.3 Å². The van der Waals surface area contributed by atoms with Gasteiger partial charge in [0.2, 0.25) is 0 Å². The summed E-state index contributed by atoms with van der Waals surface area (Å²) in [6.45, 7) is 2.58. The zero-order valence-corrected chi connectivity index (χ0v) is 11.8. The Bertz CT molecular complexity index is 674. The third-order valence-corrected chi connectivity index (χ3v) is 4.38. The van der Waals surface area contributed by atoms with E-state index in [1.54, 1.807) is 0 Å². The van der Waals surface area contributed by atoms with E-state index < -0.39 is 11.6 Å². The van der Waals surface area contributed by atoms with Crippen molar-refractivity contribution in [3.05, 3.63) is 35.5 Å². The summed E-state index contributed by atoms with van der Waals surface area (Å²) < 4.78 is 8.07. The molecular formula is C16H19NO3. The van der Waals surface area contributed by atoms with E-state index in [0.29, 0.717) is 13.0 Å². The van der Waals surface area contributed by atoms with Crippen molar-refractivity contribution < 1.29 is 14.6 Å². The monoisotopic (exact) mass is 273 g/mol. The Balaban J connectivity index is 2.29. The van der Waals surface area contributed by atoms with Crippen molar-refractivity contribution in [2.24, 2.45) is 7.05 Å². The van der Waals surface area contributed by atoms with Gasteiger partial charge in [-0.2, -0.15) is 0 Å². The molecule has 0 spiro atoms. The van der Waals surface area contributed by atoms with Gasteiger partial charge in [-0.3, -0.25) is 4.79 Å². The zero-order valence-electron chi connectivity index (χ0n) is 11.8. The number of hydrogen-bond donors (Lipinski definition) is 1. The molecule has 3 rings (SSSR count). The molecule has 1 atom stereocenters. The average molecular weight is 273 g/mol. The van der Waals surface area contributed by atoms with Crippen LogP contribution in [0.3, 0.4) is 0 Å². The van der Waals surface area contributed by atoms with Gasteiger partial charge in [0.25, 0.3) is 0 Å². The highest BCUT2D eigenvalue weighted by Gasteiger charge is 2.41. The molecule has 4 heteroatoms. The molecule has 106 valence electrons. The second kappa shape index (κ2) is 4.63. The van der Waals surface area contributed by atoms with Gasteiger partial charge in [0, 0.05) is 18.0 Å². The lowest BCUT2D eigenvalue weighted by Gasteiger charge is -2.37. The predicted molar refractivity (Wildman–Crippen MR) is 76.8 cm³/mol. The van der Waals surface area contributed by atoms with Crippen LogP contribution in [0.4, 0.5) is 0 Å². The topological polar surface area (TPSA) is 51.5 Å². The van der Waals surface area contributed by atoms with Crippen LogP contribution < -0.4 is 0 Å².